The van der Waals surface area contributed by atoms with Crippen LogP contribution in [0.3, 0.4) is 0 Å². The number of anilines is 2. The van der Waals surface area contributed by atoms with Crippen molar-refractivity contribution in [2.45, 2.75) is 64.2 Å². The van der Waals surface area contributed by atoms with E-state index < -0.39 is 0 Å². The Hall–Kier alpha value is -1.94. The lowest BCUT2D eigenvalue weighted by Crippen LogP contribution is -2.45. The van der Waals surface area contributed by atoms with E-state index in [1.54, 1.807) is 0 Å². The fourth-order valence-corrected chi connectivity index (χ4v) is 5.69. The van der Waals surface area contributed by atoms with Gasteiger partial charge in [0.1, 0.15) is 10.0 Å². The Bertz CT molecular complexity index is 777. The molecule has 0 saturated heterocycles. The van der Waals surface area contributed by atoms with Crippen molar-refractivity contribution in [1.29, 1.82) is 0 Å². The number of hydrogen-bond donors (Lipinski definition) is 2. The van der Waals surface area contributed by atoms with E-state index in [1.807, 2.05) is 13.8 Å². The van der Waals surface area contributed by atoms with Gasteiger partial charge in [-0.1, -0.05) is 36.5 Å². The molecule has 144 valence electrons. The molecule has 0 radical (unpaired) electrons. The maximum Gasteiger partial charge on any atom is 0.225 e. The molecular formula is C17H22N6O2S2. The maximum absolute atomic E-state index is 11.4. The number of carbonyl (C=O) groups excluding carboxylic acids is 2. The summed E-state index contributed by atoms with van der Waals surface area (Å²) in [6.45, 7) is 3.64. The summed E-state index contributed by atoms with van der Waals surface area (Å²) in [4.78, 5) is 22.9. The monoisotopic (exact) mass is 406 g/mol. The minimum atomic E-state index is -0.0313. The summed E-state index contributed by atoms with van der Waals surface area (Å²) in [5.41, 5.74) is 0.395. The molecule has 2 heterocycles. The predicted octanol–water partition coefficient (Wildman–Crippen LogP) is 3.53. The largest absolute Gasteiger partial charge is 0.301 e. The van der Waals surface area contributed by atoms with E-state index in [0.717, 1.165) is 35.7 Å². The first-order valence-electron chi connectivity index (χ1n) is 9.27. The highest BCUT2D eigenvalue weighted by Crippen LogP contribution is 2.66. The van der Waals surface area contributed by atoms with E-state index in [-0.39, 0.29) is 11.8 Å². The van der Waals surface area contributed by atoms with Gasteiger partial charge in [0.25, 0.3) is 0 Å². The molecule has 0 bridgehead atoms. The number of hydrogen-bond acceptors (Lipinski definition) is 8. The lowest BCUT2D eigenvalue weighted by molar-refractivity contribution is -0.116. The van der Waals surface area contributed by atoms with Crippen molar-refractivity contribution in [2.75, 3.05) is 10.6 Å². The summed E-state index contributed by atoms with van der Waals surface area (Å²) in [5, 5.41) is 25.5. The Kier molecular flexibility index (Phi) is 4.94. The normalized spacial score (nSPS) is 26.3. The van der Waals surface area contributed by atoms with Gasteiger partial charge in [-0.3, -0.25) is 9.59 Å². The van der Waals surface area contributed by atoms with Crippen LogP contribution in [-0.2, 0) is 9.59 Å². The average molecular weight is 407 g/mol. The Labute approximate surface area is 165 Å². The highest BCUT2D eigenvalue weighted by atomic mass is 32.1. The zero-order valence-corrected chi connectivity index (χ0v) is 17.0. The van der Waals surface area contributed by atoms with Gasteiger partial charge in [0.2, 0.25) is 22.1 Å². The average Bonchev–Trinajstić information content (AvgIpc) is 3.22. The zero-order valence-electron chi connectivity index (χ0n) is 15.3. The van der Waals surface area contributed by atoms with Gasteiger partial charge >= 0.3 is 0 Å². The smallest absolute Gasteiger partial charge is 0.225 e. The molecule has 0 unspecified atom stereocenters. The van der Waals surface area contributed by atoms with Crippen LogP contribution in [0.15, 0.2) is 0 Å². The topological polar surface area (TPSA) is 110 Å². The molecule has 0 aromatic carbocycles. The van der Waals surface area contributed by atoms with Crippen LogP contribution in [0.25, 0.3) is 0 Å². The number of rotatable bonds is 6. The van der Waals surface area contributed by atoms with Crippen LogP contribution in [-0.4, -0.2) is 32.2 Å². The Morgan fingerprint density at radius 1 is 0.852 bits per heavy atom. The van der Waals surface area contributed by atoms with Crippen LogP contribution in [0.2, 0.25) is 0 Å². The molecule has 2 fully saturated rings. The second-order valence-corrected chi connectivity index (χ2v) is 9.42. The molecule has 10 heteroatoms. The van der Waals surface area contributed by atoms with Crippen molar-refractivity contribution < 1.29 is 9.59 Å². The highest BCUT2D eigenvalue weighted by Gasteiger charge is 2.55. The van der Waals surface area contributed by atoms with Crippen LogP contribution >= 0.6 is 22.7 Å². The number of carbonyl (C=O) groups is 2. The minimum absolute atomic E-state index is 0.0313. The fraction of sp³-hybridized carbons (Fsp3) is 0.647. The third-order valence-corrected chi connectivity index (χ3v) is 7.43. The summed E-state index contributed by atoms with van der Waals surface area (Å²) in [6.07, 6.45) is 5.38. The molecule has 1 spiro atoms. The molecule has 2 saturated carbocycles. The van der Waals surface area contributed by atoms with Gasteiger partial charge in [-0.2, -0.15) is 0 Å². The quantitative estimate of drug-likeness (QED) is 0.759. The summed E-state index contributed by atoms with van der Waals surface area (Å²) in [7, 11) is 0. The first kappa shape index (κ1) is 18.4. The zero-order chi connectivity index (χ0) is 19.0. The van der Waals surface area contributed by atoms with Crippen LogP contribution < -0.4 is 10.6 Å². The molecule has 2 aliphatic carbocycles. The van der Waals surface area contributed by atoms with Crippen molar-refractivity contribution in [3.05, 3.63) is 10.0 Å². The van der Waals surface area contributed by atoms with E-state index in [2.05, 4.69) is 31.0 Å². The molecular weight excluding hydrogens is 384 g/mol. The Morgan fingerprint density at radius 3 is 1.63 bits per heavy atom. The maximum atomic E-state index is 11.4. The first-order chi connectivity index (χ1) is 13.0. The SMILES string of the molecule is CCC(=O)Nc1nnc(C2CC3(C2)CC(c2nnc(NC(=O)CC)s2)C3)s1. The van der Waals surface area contributed by atoms with Crippen molar-refractivity contribution >= 4 is 44.8 Å². The van der Waals surface area contributed by atoms with Crippen molar-refractivity contribution in [3.8, 4) is 0 Å². The highest BCUT2D eigenvalue weighted by molar-refractivity contribution is 7.15. The molecule has 27 heavy (non-hydrogen) atoms. The fourth-order valence-electron chi connectivity index (χ4n) is 3.97. The van der Waals surface area contributed by atoms with Gasteiger partial charge in [-0.05, 0) is 31.1 Å². The van der Waals surface area contributed by atoms with E-state index in [4.69, 9.17) is 0 Å². The second kappa shape index (κ2) is 7.23. The van der Waals surface area contributed by atoms with Crippen LogP contribution in [0.4, 0.5) is 10.3 Å². The summed E-state index contributed by atoms with van der Waals surface area (Å²) >= 11 is 2.98. The predicted molar refractivity (Wildman–Crippen MR) is 104 cm³/mol. The van der Waals surface area contributed by atoms with Crippen molar-refractivity contribution in [3.63, 3.8) is 0 Å². The molecule has 2 amide bonds. The molecule has 2 aromatic rings. The summed E-state index contributed by atoms with van der Waals surface area (Å²) in [5.74, 6) is 0.835. The molecule has 2 aliphatic rings. The van der Waals surface area contributed by atoms with E-state index in [9.17, 15) is 9.59 Å². The molecule has 0 atom stereocenters. The Morgan fingerprint density at radius 2 is 1.26 bits per heavy atom. The standard InChI is InChI=1S/C17H22N6O2S2/c1-3-11(24)18-15-22-20-13(26-15)9-5-17(6-9)7-10(8-17)14-21-23-16(27-14)19-12(25)4-2/h9-10H,3-8H2,1-2H3,(H,18,22,24)(H,19,23,25). The lowest BCUT2D eigenvalue weighted by Gasteiger charge is -2.56. The Balaban J connectivity index is 1.27. The van der Waals surface area contributed by atoms with Crippen LogP contribution in [0, 0.1) is 5.41 Å². The van der Waals surface area contributed by atoms with Gasteiger partial charge in [0, 0.05) is 24.7 Å². The number of aromatic nitrogens is 4. The molecule has 0 aliphatic heterocycles. The van der Waals surface area contributed by atoms with E-state index >= 15 is 0 Å². The van der Waals surface area contributed by atoms with Crippen LogP contribution in [0.1, 0.15) is 74.2 Å². The molecule has 2 N–H and O–H groups in total. The summed E-state index contributed by atoms with van der Waals surface area (Å²) < 4.78 is 0. The van der Waals surface area contributed by atoms with Gasteiger partial charge in [0.15, 0.2) is 0 Å². The lowest BCUT2D eigenvalue weighted by atomic mass is 9.48. The van der Waals surface area contributed by atoms with Gasteiger partial charge in [0.05, 0.1) is 0 Å². The van der Waals surface area contributed by atoms with E-state index in [1.165, 1.54) is 22.7 Å². The van der Waals surface area contributed by atoms with E-state index in [0.29, 0.717) is 40.4 Å². The first-order valence-corrected chi connectivity index (χ1v) is 10.9. The number of amides is 2. The third kappa shape index (κ3) is 3.73. The number of nitrogens with one attached hydrogen (secondary N) is 2. The number of nitrogens with zero attached hydrogens (tertiary/aromatic N) is 4. The summed E-state index contributed by atoms with van der Waals surface area (Å²) in [6, 6.07) is 0. The van der Waals surface area contributed by atoms with Crippen LogP contribution in [0.5, 0.6) is 0 Å². The molecule has 4 rings (SSSR count). The minimum Gasteiger partial charge on any atom is -0.301 e. The van der Waals surface area contributed by atoms with Gasteiger partial charge in [-0.15, -0.1) is 20.4 Å². The van der Waals surface area contributed by atoms with Gasteiger partial charge in [-0.25, -0.2) is 0 Å². The molecule has 8 nitrogen and oxygen atoms in total. The molecule has 2 aromatic heterocycles. The van der Waals surface area contributed by atoms with Crippen molar-refractivity contribution in [2.24, 2.45) is 5.41 Å². The van der Waals surface area contributed by atoms with Gasteiger partial charge < -0.3 is 10.6 Å². The van der Waals surface area contributed by atoms with Crippen molar-refractivity contribution in [1.82, 2.24) is 20.4 Å². The third-order valence-electron chi connectivity index (χ3n) is 5.43. The second-order valence-electron chi connectivity index (χ2n) is 7.40.